The number of fused-ring (bicyclic) bond motifs is 1. The quantitative estimate of drug-likeness (QED) is 0.741. The summed E-state index contributed by atoms with van der Waals surface area (Å²) in [6.45, 7) is 3.63. The molecule has 1 N–H and O–H groups in total. The molecule has 3 rings (SSSR count). The van der Waals surface area contributed by atoms with E-state index in [0.717, 1.165) is 26.7 Å². The smallest absolute Gasteiger partial charge is 0.381 e. The van der Waals surface area contributed by atoms with E-state index in [1.165, 1.54) is 4.90 Å². The average Bonchev–Trinajstić information content (AvgIpc) is 3.44. The van der Waals surface area contributed by atoms with Crippen LogP contribution in [0.25, 0.3) is 0 Å². The van der Waals surface area contributed by atoms with Crippen LogP contribution >= 0.6 is 0 Å². The molecule has 2 saturated carbocycles. The number of carbonyl (C=O) groups is 2. The molecule has 1 aliphatic heterocycles. The van der Waals surface area contributed by atoms with Crippen molar-refractivity contribution in [3.05, 3.63) is 0 Å². The van der Waals surface area contributed by atoms with Crippen LogP contribution in [-0.2, 0) is 14.3 Å². The van der Waals surface area contributed by atoms with Crippen LogP contribution in [0.5, 0.6) is 0 Å². The molecule has 26 heavy (non-hydrogen) atoms. The standard InChI is InChI=1S/C18H27F3N2O3/c1-17(2,18(19,20)21)6-14(24)23(3)13(10-4-5-10)7-22-16(25)15-11-8-26-9-12(11)15/h10-13,15H,4-9H2,1-3H3,(H,22,25)/t11-,12+,13?,15?. The van der Waals surface area contributed by atoms with Gasteiger partial charge in [-0.15, -0.1) is 0 Å². The first-order chi connectivity index (χ1) is 12.0. The average molecular weight is 376 g/mol. The summed E-state index contributed by atoms with van der Waals surface area (Å²) in [5, 5.41) is 2.91. The summed E-state index contributed by atoms with van der Waals surface area (Å²) in [4.78, 5) is 26.1. The number of nitrogens with one attached hydrogen (secondary N) is 1. The molecule has 2 amide bonds. The van der Waals surface area contributed by atoms with Gasteiger partial charge in [-0.2, -0.15) is 13.2 Å². The highest BCUT2D eigenvalue weighted by atomic mass is 19.4. The van der Waals surface area contributed by atoms with E-state index >= 15 is 0 Å². The number of alkyl halides is 3. The minimum atomic E-state index is -4.43. The van der Waals surface area contributed by atoms with E-state index in [9.17, 15) is 22.8 Å². The zero-order valence-corrected chi connectivity index (χ0v) is 15.4. The molecule has 0 aromatic rings. The number of hydrogen-bond donors (Lipinski definition) is 1. The normalized spacial score (nSPS) is 29.1. The van der Waals surface area contributed by atoms with Gasteiger partial charge in [0.25, 0.3) is 0 Å². The Morgan fingerprint density at radius 3 is 2.27 bits per heavy atom. The van der Waals surface area contributed by atoms with Crippen molar-refractivity contribution >= 4 is 11.8 Å². The first-order valence-corrected chi connectivity index (χ1v) is 9.21. The Bertz CT molecular complexity index is 565. The first-order valence-electron chi connectivity index (χ1n) is 9.21. The number of carbonyl (C=O) groups excluding carboxylic acids is 2. The summed E-state index contributed by atoms with van der Waals surface area (Å²) in [7, 11) is 1.55. The highest BCUT2D eigenvalue weighted by Crippen LogP contribution is 2.50. The number of nitrogens with zero attached hydrogens (tertiary/aromatic N) is 1. The van der Waals surface area contributed by atoms with Crippen molar-refractivity contribution in [2.24, 2.45) is 29.1 Å². The lowest BCUT2D eigenvalue weighted by molar-refractivity contribution is -0.215. The third-order valence-electron chi connectivity index (χ3n) is 6.16. The van der Waals surface area contributed by atoms with Crippen LogP contribution in [0.2, 0.25) is 0 Å². The fourth-order valence-electron chi connectivity index (χ4n) is 3.84. The van der Waals surface area contributed by atoms with Gasteiger partial charge in [-0.05, 0) is 30.6 Å². The summed E-state index contributed by atoms with van der Waals surface area (Å²) in [6, 6.07) is -0.245. The SMILES string of the molecule is CN(C(=O)CC(C)(C)C(F)(F)F)C(CNC(=O)C1[C@H]2COC[C@@H]12)C1CC1. The van der Waals surface area contributed by atoms with Crippen molar-refractivity contribution < 1.29 is 27.5 Å². The van der Waals surface area contributed by atoms with E-state index < -0.39 is 23.9 Å². The molecule has 1 heterocycles. The monoisotopic (exact) mass is 376 g/mol. The summed E-state index contributed by atoms with van der Waals surface area (Å²) < 4.78 is 44.4. The minimum Gasteiger partial charge on any atom is -0.381 e. The van der Waals surface area contributed by atoms with Gasteiger partial charge in [0.05, 0.1) is 24.7 Å². The first kappa shape index (κ1) is 19.5. The number of ether oxygens (including phenoxy) is 1. The van der Waals surface area contributed by atoms with E-state index in [0.29, 0.717) is 31.6 Å². The highest BCUT2D eigenvalue weighted by molar-refractivity contribution is 5.82. The van der Waals surface area contributed by atoms with Crippen molar-refractivity contribution in [1.82, 2.24) is 10.2 Å². The predicted molar refractivity (Wildman–Crippen MR) is 88.0 cm³/mol. The van der Waals surface area contributed by atoms with E-state index in [1.54, 1.807) is 7.05 Å². The lowest BCUT2D eigenvalue weighted by Gasteiger charge is -2.33. The molecule has 4 atom stereocenters. The zero-order chi connectivity index (χ0) is 19.3. The Morgan fingerprint density at radius 2 is 1.77 bits per heavy atom. The second-order valence-corrected chi connectivity index (χ2v) is 8.60. The highest BCUT2D eigenvalue weighted by Gasteiger charge is 2.58. The van der Waals surface area contributed by atoms with Gasteiger partial charge >= 0.3 is 6.18 Å². The molecule has 3 aliphatic rings. The third kappa shape index (κ3) is 3.85. The van der Waals surface area contributed by atoms with Crippen LogP contribution < -0.4 is 5.32 Å². The maximum atomic E-state index is 13.1. The number of hydrogen-bond acceptors (Lipinski definition) is 3. The van der Waals surface area contributed by atoms with E-state index in [2.05, 4.69) is 5.32 Å². The van der Waals surface area contributed by atoms with Crippen LogP contribution in [0.3, 0.4) is 0 Å². The molecular weight excluding hydrogens is 349 g/mol. The lowest BCUT2D eigenvalue weighted by Crippen LogP contribution is -2.48. The predicted octanol–water partition coefficient (Wildman–Crippen LogP) is 2.21. The summed E-state index contributed by atoms with van der Waals surface area (Å²) in [5.41, 5.74) is -2.07. The second-order valence-electron chi connectivity index (χ2n) is 8.60. The van der Waals surface area contributed by atoms with Crippen molar-refractivity contribution in [3.63, 3.8) is 0 Å². The molecule has 0 aromatic heterocycles. The Labute approximate surface area is 151 Å². The largest absolute Gasteiger partial charge is 0.394 e. The lowest BCUT2D eigenvalue weighted by atomic mass is 9.87. The van der Waals surface area contributed by atoms with Crippen molar-refractivity contribution in [3.8, 4) is 0 Å². The van der Waals surface area contributed by atoms with Crippen molar-refractivity contribution in [2.45, 2.75) is 45.3 Å². The number of rotatable bonds is 7. The van der Waals surface area contributed by atoms with Crippen LogP contribution in [0, 0.1) is 29.1 Å². The Morgan fingerprint density at radius 1 is 1.19 bits per heavy atom. The number of halogens is 3. The van der Waals surface area contributed by atoms with E-state index in [1.807, 2.05) is 0 Å². The number of amides is 2. The fraction of sp³-hybridized carbons (Fsp3) is 0.889. The molecule has 0 bridgehead atoms. The van der Waals surface area contributed by atoms with Crippen molar-refractivity contribution in [2.75, 3.05) is 26.8 Å². The topological polar surface area (TPSA) is 58.6 Å². The van der Waals surface area contributed by atoms with Crippen LogP contribution in [-0.4, -0.2) is 55.7 Å². The molecule has 148 valence electrons. The van der Waals surface area contributed by atoms with Gasteiger partial charge in [0.1, 0.15) is 0 Å². The Hall–Kier alpha value is -1.31. The van der Waals surface area contributed by atoms with Crippen LogP contribution in [0.1, 0.15) is 33.1 Å². The molecule has 0 radical (unpaired) electrons. The van der Waals surface area contributed by atoms with Crippen molar-refractivity contribution in [1.29, 1.82) is 0 Å². The summed E-state index contributed by atoms with van der Waals surface area (Å²) in [5.74, 6) is 0.303. The van der Waals surface area contributed by atoms with Gasteiger partial charge in [0.15, 0.2) is 0 Å². The maximum absolute atomic E-state index is 13.1. The van der Waals surface area contributed by atoms with E-state index in [4.69, 9.17) is 4.74 Å². The van der Waals surface area contributed by atoms with Gasteiger partial charge in [-0.25, -0.2) is 0 Å². The molecule has 0 aromatic carbocycles. The molecule has 2 unspecified atom stereocenters. The minimum absolute atomic E-state index is 0.00577. The Kier molecular flexibility index (Phi) is 5.01. The van der Waals surface area contributed by atoms with Gasteiger partial charge in [-0.3, -0.25) is 9.59 Å². The molecular formula is C18H27F3N2O3. The van der Waals surface area contributed by atoms with Gasteiger partial charge < -0.3 is 15.0 Å². The van der Waals surface area contributed by atoms with Gasteiger partial charge in [0, 0.05) is 25.9 Å². The van der Waals surface area contributed by atoms with Crippen LogP contribution in [0.4, 0.5) is 13.2 Å². The summed E-state index contributed by atoms with van der Waals surface area (Å²) in [6.07, 6.45) is -3.15. The molecule has 2 aliphatic carbocycles. The van der Waals surface area contributed by atoms with Crippen LogP contribution in [0.15, 0.2) is 0 Å². The molecule has 3 fully saturated rings. The second kappa shape index (κ2) is 6.69. The number of likely N-dealkylation sites (N-methyl/N-ethyl adjacent to an activating group) is 1. The third-order valence-corrected chi connectivity index (χ3v) is 6.16. The van der Waals surface area contributed by atoms with Gasteiger partial charge in [0.2, 0.25) is 11.8 Å². The fourth-order valence-corrected chi connectivity index (χ4v) is 3.84. The van der Waals surface area contributed by atoms with Gasteiger partial charge in [-0.1, -0.05) is 13.8 Å². The molecule has 0 spiro atoms. The maximum Gasteiger partial charge on any atom is 0.394 e. The Balaban J connectivity index is 1.54. The zero-order valence-electron chi connectivity index (χ0n) is 15.4. The summed E-state index contributed by atoms with van der Waals surface area (Å²) >= 11 is 0. The molecule has 8 heteroatoms. The van der Waals surface area contributed by atoms with E-state index in [-0.39, 0.29) is 23.8 Å². The molecule has 1 saturated heterocycles. The molecule has 5 nitrogen and oxygen atoms in total.